The van der Waals surface area contributed by atoms with Gasteiger partial charge in [0.25, 0.3) is 5.91 Å². The molecule has 1 heterocycles. The molecular formula is C20H18N2O6. The highest BCUT2D eigenvalue weighted by Crippen LogP contribution is 2.43. The van der Waals surface area contributed by atoms with Crippen molar-refractivity contribution in [1.82, 2.24) is 0 Å². The third-order valence-electron chi connectivity index (χ3n) is 4.66. The number of fused-ring (bicyclic) bond motifs is 1. The van der Waals surface area contributed by atoms with Crippen LogP contribution >= 0.6 is 0 Å². The number of nitrogens with zero attached hydrogens (tertiary/aromatic N) is 2. The number of carbonyl (C=O) groups excluding carboxylic acids is 2. The lowest BCUT2D eigenvalue weighted by atomic mass is 9.88. The molecule has 1 aliphatic rings. The van der Waals surface area contributed by atoms with Crippen LogP contribution < -0.4 is 9.64 Å². The fourth-order valence-electron chi connectivity index (χ4n) is 3.33. The molecule has 144 valence electrons. The summed E-state index contributed by atoms with van der Waals surface area (Å²) in [5.41, 5.74) is -1.59. The Balaban J connectivity index is 1.98. The maximum Gasteiger partial charge on any atom is 0.311 e. The molecule has 8 nitrogen and oxygen atoms in total. The van der Waals surface area contributed by atoms with Crippen LogP contribution in [0.1, 0.15) is 22.3 Å². The summed E-state index contributed by atoms with van der Waals surface area (Å²) < 4.78 is 4.93. The van der Waals surface area contributed by atoms with Crippen LogP contribution in [0.25, 0.3) is 0 Å². The van der Waals surface area contributed by atoms with Gasteiger partial charge in [-0.15, -0.1) is 6.58 Å². The van der Waals surface area contributed by atoms with Crippen LogP contribution in [0.2, 0.25) is 0 Å². The molecule has 0 aromatic heterocycles. The van der Waals surface area contributed by atoms with Crippen molar-refractivity contribution >= 4 is 23.1 Å². The second-order valence-electron chi connectivity index (χ2n) is 6.33. The Morgan fingerprint density at radius 1 is 1.36 bits per heavy atom. The molecule has 0 saturated carbocycles. The van der Waals surface area contributed by atoms with E-state index in [1.54, 1.807) is 24.3 Å². The van der Waals surface area contributed by atoms with Crippen LogP contribution in [0.3, 0.4) is 0 Å². The molecule has 1 amide bonds. The van der Waals surface area contributed by atoms with E-state index in [4.69, 9.17) is 4.74 Å². The van der Waals surface area contributed by atoms with Gasteiger partial charge in [0.15, 0.2) is 17.1 Å². The highest BCUT2D eigenvalue weighted by atomic mass is 16.6. The van der Waals surface area contributed by atoms with Crippen LogP contribution in [0, 0.1) is 10.1 Å². The van der Waals surface area contributed by atoms with Gasteiger partial charge in [0.1, 0.15) is 0 Å². The maximum absolute atomic E-state index is 12.9. The van der Waals surface area contributed by atoms with Crippen molar-refractivity contribution in [2.75, 3.05) is 18.6 Å². The molecule has 28 heavy (non-hydrogen) atoms. The van der Waals surface area contributed by atoms with Crippen molar-refractivity contribution < 1.29 is 24.4 Å². The molecule has 0 radical (unpaired) electrons. The summed E-state index contributed by atoms with van der Waals surface area (Å²) in [4.78, 5) is 37.5. The first-order chi connectivity index (χ1) is 13.3. The van der Waals surface area contributed by atoms with Crippen molar-refractivity contribution in [2.24, 2.45) is 0 Å². The number of hydrogen-bond donors (Lipinski definition) is 1. The predicted octanol–water partition coefficient (Wildman–Crippen LogP) is 2.60. The van der Waals surface area contributed by atoms with Gasteiger partial charge in [0, 0.05) is 23.7 Å². The normalized spacial score (nSPS) is 17.9. The largest absolute Gasteiger partial charge is 0.490 e. The SMILES string of the molecule is C=CCN1C(=O)[C@@](O)(CC(=O)c2ccc(OC)c([N+](=O)[O-])c2)c2ccccc21. The number of nitro benzene ring substituents is 1. The minimum Gasteiger partial charge on any atom is -0.490 e. The first kappa shape index (κ1) is 19.2. The third-order valence-corrected chi connectivity index (χ3v) is 4.66. The Labute approximate surface area is 160 Å². The number of nitro groups is 1. The van der Waals surface area contributed by atoms with Gasteiger partial charge in [-0.25, -0.2) is 0 Å². The first-order valence-electron chi connectivity index (χ1n) is 8.44. The molecule has 1 atom stereocenters. The van der Waals surface area contributed by atoms with E-state index in [1.165, 1.54) is 30.2 Å². The van der Waals surface area contributed by atoms with Crippen LogP contribution in [0.15, 0.2) is 55.1 Å². The predicted molar refractivity (Wildman–Crippen MR) is 101 cm³/mol. The number of methoxy groups -OCH3 is 1. The number of aliphatic hydroxyl groups is 1. The zero-order chi connectivity index (χ0) is 20.5. The summed E-state index contributed by atoms with van der Waals surface area (Å²) in [6.45, 7) is 3.79. The number of amides is 1. The molecule has 1 aliphatic heterocycles. The number of ether oxygens (including phenoxy) is 1. The van der Waals surface area contributed by atoms with E-state index in [0.717, 1.165) is 6.07 Å². The lowest BCUT2D eigenvalue weighted by molar-refractivity contribution is -0.385. The fraction of sp³-hybridized carbons (Fsp3) is 0.200. The zero-order valence-corrected chi connectivity index (χ0v) is 15.1. The van der Waals surface area contributed by atoms with Crippen LogP contribution in [-0.2, 0) is 10.4 Å². The van der Waals surface area contributed by atoms with Gasteiger partial charge in [0.05, 0.1) is 24.1 Å². The molecule has 0 unspecified atom stereocenters. The van der Waals surface area contributed by atoms with Crippen LogP contribution in [0.4, 0.5) is 11.4 Å². The van der Waals surface area contributed by atoms with Gasteiger partial charge in [0.2, 0.25) is 0 Å². The number of hydrogen-bond acceptors (Lipinski definition) is 6. The number of ketones is 1. The molecule has 2 aromatic rings. The molecule has 0 bridgehead atoms. The summed E-state index contributed by atoms with van der Waals surface area (Å²) in [6, 6.07) is 10.4. The summed E-state index contributed by atoms with van der Waals surface area (Å²) in [5.74, 6) is -1.22. The monoisotopic (exact) mass is 382 g/mol. The Hall–Kier alpha value is -3.52. The molecule has 2 aromatic carbocycles. The second kappa shape index (κ2) is 7.24. The lowest BCUT2D eigenvalue weighted by Crippen LogP contribution is -2.41. The average Bonchev–Trinajstić information content (AvgIpc) is 2.90. The summed E-state index contributed by atoms with van der Waals surface area (Å²) in [6.07, 6.45) is 0.981. The van der Waals surface area contributed by atoms with Crippen LogP contribution in [-0.4, -0.2) is 35.4 Å². The van der Waals surface area contributed by atoms with E-state index in [2.05, 4.69) is 6.58 Å². The van der Waals surface area contributed by atoms with Gasteiger partial charge in [-0.1, -0.05) is 24.3 Å². The molecule has 0 saturated heterocycles. The van der Waals surface area contributed by atoms with E-state index in [0.29, 0.717) is 11.3 Å². The van der Waals surface area contributed by atoms with Gasteiger partial charge >= 0.3 is 5.69 Å². The van der Waals surface area contributed by atoms with Crippen LogP contribution in [0.5, 0.6) is 5.75 Å². The van der Waals surface area contributed by atoms with E-state index < -0.39 is 28.6 Å². The Bertz CT molecular complexity index is 986. The lowest BCUT2D eigenvalue weighted by Gasteiger charge is -2.22. The molecule has 0 aliphatic carbocycles. The second-order valence-corrected chi connectivity index (χ2v) is 6.33. The molecule has 0 fully saturated rings. The number of Topliss-reactive ketones (excluding diaryl/α,β-unsaturated/α-hetero) is 1. The van der Waals surface area contributed by atoms with E-state index in [9.17, 15) is 24.8 Å². The van der Waals surface area contributed by atoms with Crippen molar-refractivity contribution in [1.29, 1.82) is 0 Å². The van der Waals surface area contributed by atoms with Crippen molar-refractivity contribution in [3.05, 3.63) is 76.4 Å². The minimum atomic E-state index is -2.05. The Kier molecular flexibility index (Phi) is 4.98. The van der Waals surface area contributed by atoms with Gasteiger partial charge in [-0.2, -0.15) is 0 Å². The van der Waals surface area contributed by atoms with Gasteiger partial charge < -0.3 is 14.7 Å². The van der Waals surface area contributed by atoms with Gasteiger partial charge in [-0.05, 0) is 18.2 Å². The molecule has 0 spiro atoms. The number of benzene rings is 2. The first-order valence-corrected chi connectivity index (χ1v) is 8.44. The highest BCUT2D eigenvalue weighted by molar-refractivity contribution is 6.11. The van der Waals surface area contributed by atoms with Crippen molar-refractivity contribution in [2.45, 2.75) is 12.0 Å². The standard InChI is InChI=1S/C20H18N2O6/c1-3-10-21-15-7-5-4-6-14(15)20(25,19(21)24)12-17(23)13-8-9-18(28-2)16(11-13)22(26)27/h3-9,11,25H,1,10,12H2,2H3/t20-/m1/s1. The highest BCUT2D eigenvalue weighted by Gasteiger charge is 2.50. The minimum absolute atomic E-state index is 0.00776. The smallest absolute Gasteiger partial charge is 0.311 e. The van der Waals surface area contributed by atoms with Gasteiger partial charge in [-0.3, -0.25) is 19.7 Å². The number of rotatable bonds is 7. The van der Waals surface area contributed by atoms with E-state index in [1.807, 2.05) is 0 Å². The zero-order valence-electron chi connectivity index (χ0n) is 15.1. The Morgan fingerprint density at radius 2 is 2.07 bits per heavy atom. The maximum atomic E-state index is 12.9. The summed E-state index contributed by atoms with van der Waals surface area (Å²) >= 11 is 0. The molecule has 1 N–H and O–H groups in total. The number of carbonyl (C=O) groups is 2. The summed E-state index contributed by atoms with van der Waals surface area (Å²) in [5, 5.41) is 22.3. The average molecular weight is 382 g/mol. The number of para-hydroxylation sites is 1. The van der Waals surface area contributed by atoms with Crippen molar-refractivity contribution in [3.8, 4) is 5.75 Å². The topological polar surface area (TPSA) is 110 Å². The number of anilines is 1. The third kappa shape index (κ3) is 3.03. The van der Waals surface area contributed by atoms with Crippen molar-refractivity contribution in [3.63, 3.8) is 0 Å². The van der Waals surface area contributed by atoms with E-state index >= 15 is 0 Å². The molecule has 3 rings (SSSR count). The fourth-order valence-corrected chi connectivity index (χ4v) is 3.33. The Morgan fingerprint density at radius 3 is 2.71 bits per heavy atom. The summed E-state index contributed by atoms with van der Waals surface area (Å²) in [7, 11) is 1.29. The molecule has 8 heteroatoms. The van der Waals surface area contributed by atoms with E-state index in [-0.39, 0.29) is 23.5 Å². The molecular weight excluding hydrogens is 364 g/mol. The quantitative estimate of drug-likeness (QED) is 0.341.